The molecule has 1 amide bonds. The number of para-hydroxylation sites is 2. The second-order valence-corrected chi connectivity index (χ2v) is 7.69. The molecular weight excluding hydrogens is 387 g/mol. The van der Waals surface area contributed by atoms with E-state index in [1.165, 1.54) is 12.1 Å². The molecule has 0 spiro atoms. The molecule has 5 rings (SSSR count). The van der Waals surface area contributed by atoms with E-state index in [1.54, 1.807) is 17.0 Å². The number of hydrogen-bond acceptors (Lipinski definition) is 1. The van der Waals surface area contributed by atoms with Crippen LogP contribution in [-0.4, -0.2) is 10.5 Å². The fourth-order valence-corrected chi connectivity index (χ4v) is 4.29. The van der Waals surface area contributed by atoms with Gasteiger partial charge in [-0.3, -0.25) is 9.69 Å². The van der Waals surface area contributed by atoms with Crippen LogP contribution in [0.15, 0.2) is 84.9 Å². The number of carbonyl (C=O) groups is 1. The first kappa shape index (κ1) is 19.1. The van der Waals surface area contributed by atoms with Gasteiger partial charge in [0.25, 0.3) is 5.91 Å². The van der Waals surface area contributed by atoms with Crippen LogP contribution in [0, 0.1) is 19.7 Å². The Morgan fingerprint density at radius 1 is 0.806 bits per heavy atom. The van der Waals surface area contributed by atoms with E-state index in [1.807, 2.05) is 74.5 Å². The average molecular weight is 408 g/mol. The average Bonchev–Trinajstić information content (AvgIpc) is 3.22. The van der Waals surface area contributed by atoms with Gasteiger partial charge in [0.1, 0.15) is 5.82 Å². The van der Waals surface area contributed by atoms with Crippen molar-refractivity contribution in [3.05, 3.63) is 113 Å². The van der Waals surface area contributed by atoms with Gasteiger partial charge in [-0.2, -0.15) is 0 Å². The number of halogens is 1. The lowest BCUT2D eigenvalue weighted by Gasteiger charge is -2.16. The summed E-state index contributed by atoms with van der Waals surface area (Å²) in [5.41, 5.74) is 7.20. The fourth-order valence-electron chi connectivity index (χ4n) is 4.29. The van der Waals surface area contributed by atoms with Crippen LogP contribution in [0.3, 0.4) is 0 Å². The minimum Gasteiger partial charge on any atom is -0.318 e. The zero-order valence-electron chi connectivity index (χ0n) is 17.3. The predicted molar refractivity (Wildman–Crippen MR) is 123 cm³/mol. The van der Waals surface area contributed by atoms with Crippen LogP contribution < -0.4 is 4.90 Å². The van der Waals surface area contributed by atoms with Crippen molar-refractivity contribution in [2.45, 2.75) is 13.8 Å². The number of hydrogen-bond donors (Lipinski definition) is 0. The SMILES string of the molecule is Cc1cc(/C=C2/C(=O)N(c3ccccc3)c3ccccc32)c(C)n1-c1ccc(F)cc1. The van der Waals surface area contributed by atoms with E-state index in [0.29, 0.717) is 5.57 Å². The van der Waals surface area contributed by atoms with E-state index in [4.69, 9.17) is 0 Å². The lowest BCUT2D eigenvalue weighted by Crippen LogP contribution is -2.20. The van der Waals surface area contributed by atoms with Crippen molar-refractivity contribution < 1.29 is 9.18 Å². The van der Waals surface area contributed by atoms with E-state index in [9.17, 15) is 9.18 Å². The number of nitrogens with zero attached hydrogens (tertiary/aromatic N) is 2. The molecular formula is C27H21FN2O. The quantitative estimate of drug-likeness (QED) is 0.358. The first-order valence-electron chi connectivity index (χ1n) is 10.2. The molecule has 0 atom stereocenters. The van der Waals surface area contributed by atoms with Gasteiger partial charge in [-0.1, -0.05) is 36.4 Å². The van der Waals surface area contributed by atoms with E-state index >= 15 is 0 Å². The Balaban J connectivity index is 1.63. The molecule has 4 aromatic rings. The minimum atomic E-state index is -0.261. The summed E-state index contributed by atoms with van der Waals surface area (Å²) in [4.78, 5) is 15.3. The molecule has 1 aliphatic heterocycles. The molecule has 3 aromatic carbocycles. The number of benzene rings is 3. The highest BCUT2D eigenvalue weighted by Crippen LogP contribution is 2.42. The predicted octanol–water partition coefficient (Wildman–Crippen LogP) is 6.45. The van der Waals surface area contributed by atoms with Gasteiger partial charge < -0.3 is 4.57 Å². The van der Waals surface area contributed by atoms with Crippen LogP contribution in [-0.2, 0) is 4.79 Å². The normalized spacial score (nSPS) is 14.4. The minimum absolute atomic E-state index is 0.0426. The number of aromatic nitrogens is 1. The molecule has 0 saturated carbocycles. The molecule has 0 unspecified atom stereocenters. The number of aryl methyl sites for hydroxylation is 1. The van der Waals surface area contributed by atoms with Gasteiger partial charge in [-0.15, -0.1) is 0 Å². The monoisotopic (exact) mass is 408 g/mol. The largest absolute Gasteiger partial charge is 0.318 e. The number of carbonyl (C=O) groups excluding carboxylic acids is 1. The van der Waals surface area contributed by atoms with Crippen molar-refractivity contribution in [1.29, 1.82) is 0 Å². The highest BCUT2D eigenvalue weighted by molar-refractivity contribution is 6.38. The zero-order chi connectivity index (χ0) is 21.5. The number of rotatable bonds is 3. The number of anilines is 2. The summed E-state index contributed by atoms with van der Waals surface area (Å²) in [6, 6.07) is 26.1. The Bertz CT molecular complexity index is 1320. The van der Waals surface area contributed by atoms with Gasteiger partial charge in [-0.25, -0.2) is 4.39 Å². The smallest absolute Gasteiger partial charge is 0.263 e. The lowest BCUT2D eigenvalue weighted by atomic mass is 10.0. The van der Waals surface area contributed by atoms with Gasteiger partial charge in [0.05, 0.1) is 11.3 Å². The maximum atomic E-state index is 13.5. The zero-order valence-corrected chi connectivity index (χ0v) is 17.3. The van der Waals surface area contributed by atoms with Crippen molar-refractivity contribution in [3.63, 3.8) is 0 Å². The van der Waals surface area contributed by atoms with Crippen LogP contribution in [0.5, 0.6) is 0 Å². The van der Waals surface area contributed by atoms with Crippen LogP contribution in [0.1, 0.15) is 22.5 Å². The summed E-state index contributed by atoms with van der Waals surface area (Å²) < 4.78 is 15.5. The summed E-state index contributed by atoms with van der Waals surface area (Å²) in [5.74, 6) is -0.304. The van der Waals surface area contributed by atoms with E-state index in [2.05, 4.69) is 10.6 Å². The molecule has 0 aliphatic carbocycles. The molecule has 0 radical (unpaired) electrons. The molecule has 31 heavy (non-hydrogen) atoms. The van der Waals surface area contributed by atoms with Crippen molar-refractivity contribution >= 4 is 28.9 Å². The molecule has 2 heterocycles. The molecule has 0 N–H and O–H groups in total. The number of fused-ring (bicyclic) bond motifs is 1. The third-order valence-corrected chi connectivity index (χ3v) is 5.74. The molecule has 0 fully saturated rings. The summed E-state index contributed by atoms with van der Waals surface area (Å²) in [7, 11) is 0. The molecule has 0 saturated heterocycles. The van der Waals surface area contributed by atoms with E-state index < -0.39 is 0 Å². The highest BCUT2D eigenvalue weighted by atomic mass is 19.1. The molecule has 3 nitrogen and oxygen atoms in total. The first-order chi connectivity index (χ1) is 15.0. The standard InChI is InChI=1S/C27H21FN2O/c1-18-16-20(19(2)29(18)23-14-12-21(28)13-15-23)17-25-24-10-6-7-11-26(24)30(27(25)31)22-8-4-3-5-9-22/h3-17H,1-2H3/b25-17+. The van der Waals surface area contributed by atoms with Crippen LogP contribution in [0.25, 0.3) is 17.3 Å². The van der Waals surface area contributed by atoms with Gasteiger partial charge >= 0.3 is 0 Å². The van der Waals surface area contributed by atoms with Gasteiger partial charge in [0, 0.05) is 28.3 Å². The van der Waals surface area contributed by atoms with Crippen LogP contribution in [0.2, 0.25) is 0 Å². The second-order valence-electron chi connectivity index (χ2n) is 7.69. The van der Waals surface area contributed by atoms with E-state index in [-0.39, 0.29) is 11.7 Å². The summed E-state index contributed by atoms with van der Waals surface area (Å²) in [5, 5.41) is 0. The van der Waals surface area contributed by atoms with Crippen LogP contribution in [0.4, 0.5) is 15.8 Å². The Kier molecular flexibility index (Phi) is 4.55. The van der Waals surface area contributed by atoms with Crippen molar-refractivity contribution in [3.8, 4) is 5.69 Å². The third-order valence-electron chi connectivity index (χ3n) is 5.74. The van der Waals surface area contributed by atoms with Crippen molar-refractivity contribution in [2.75, 3.05) is 4.90 Å². The highest BCUT2D eigenvalue weighted by Gasteiger charge is 2.33. The topological polar surface area (TPSA) is 25.2 Å². The molecule has 0 bridgehead atoms. The Labute approximate surface area is 180 Å². The molecule has 1 aliphatic rings. The molecule has 4 heteroatoms. The first-order valence-corrected chi connectivity index (χ1v) is 10.2. The molecule has 152 valence electrons. The van der Waals surface area contributed by atoms with Crippen molar-refractivity contribution in [1.82, 2.24) is 4.57 Å². The molecule has 1 aromatic heterocycles. The summed E-state index contributed by atoms with van der Waals surface area (Å²) >= 11 is 0. The Hall–Kier alpha value is -3.92. The van der Waals surface area contributed by atoms with E-state index in [0.717, 1.165) is 39.6 Å². The second kappa shape index (κ2) is 7.40. The Morgan fingerprint density at radius 2 is 1.48 bits per heavy atom. The van der Waals surface area contributed by atoms with Gasteiger partial charge in [0.2, 0.25) is 0 Å². The summed E-state index contributed by atoms with van der Waals surface area (Å²) in [6.07, 6.45) is 1.96. The Morgan fingerprint density at radius 3 is 2.23 bits per heavy atom. The maximum Gasteiger partial charge on any atom is 0.263 e. The lowest BCUT2D eigenvalue weighted by molar-refractivity contribution is -0.112. The fraction of sp³-hybridized carbons (Fsp3) is 0.0741. The summed E-state index contributed by atoms with van der Waals surface area (Å²) in [6.45, 7) is 4.03. The van der Waals surface area contributed by atoms with Crippen molar-refractivity contribution in [2.24, 2.45) is 0 Å². The maximum absolute atomic E-state index is 13.5. The van der Waals surface area contributed by atoms with Gasteiger partial charge in [0.15, 0.2) is 0 Å². The van der Waals surface area contributed by atoms with Gasteiger partial charge in [-0.05, 0) is 74.0 Å². The third kappa shape index (κ3) is 3.17. The number of amides is 1. The van der Waals surface area contributed by atoms with Crippen LogP contribution >= 0.6 is 0 Å².